The molecule has 0 saturated heterocycles. The number of aromatic nitrogens is 1. The lowest BCUT2D eigenvalue weighted by Crippen LogP contribution is -2.20. The average Bonchev–Trinajstić information content (AvgIpc) is 2.90. The highest BCUT2D eigenvalue weighted by atomic mass is 32.2. The second-order valence-electron chi connectivity index (χ2n) is 4.31. The van der Waals surface area contributed by atoms with Crippen LogP contribution in [-0.2, 0) is 21.2 Å². The second kappa shape index (κ2) is 4.88. The van der Waals surface area contributed by atoms with E-state index in [0.717, 1.165) is 5.56 Å². The van der Waals surface area contributed by atoms with Crippen molar-refractivity contribution in [1.29, 1.82) is 0 Å². The third-order valence-electron chi connectivity index (χ3n) is 2.94. The van der Waals surface area contributed by atoms with Gasteiger partial charge in [-0.15, -0.1) is 11.3 Å². The van der Waals surface area contributed by atoms with Crippen LogP contribution in [0.15, 0.2) is 34.7 Å². The Morgan fingerprint density at radius 1 is 1.30 bits per heavy atom. The summed E-state index contributed by atoms with van der Waals surface area (Å²) in [4.78, 5) is 15.3. The SMILES string of the molecule is O=C1CCc2cc(S(=O)(=O)Nc3nccs3)ccc2N1. The molecule has 8 heteroatoms. The molecule has 0 saturated carbocycles. The normalized spacial score (nSPS) is 14.5. The standard InChI is InChI=1S/C12H11N3O3S2/c16-11-4-1-8-7-9(2-3-10(8)14-11)20(17,18)15-12-13-5-6-19-12/h2-3,5-7H,1,4H2,(H,13,15)(H,14,16). The fourth-order valence-corrected chi connectivity index (χ4v) is 3.81. The monoisotopic (exact) mass is 309 g/mol. The summed E-state index contributed by atoms with van der Waals surface area (Å²) in [5.74, 6) is -0.0472. The van der Waals surface area contributed by atoms with E-state index in [4.69, 9.17) is 0 Å². The highest BCUT2D eigenvalue weighted by Gasteiger charge is 2.20. The summed E-state index contributed by atoms with van der Waals surface area (Å²) < 4.78 is 26.9. The molecule has 1 aliphatic rings. The molecule has 0 fully saturated rings. The number of nitrogens with one attached hydrogen (secondary N) is 2. The predicted molar refractivity (Wildman–Crippen MR) is 76.3 cm³/mol. The molecule has 2 heterocycles. The van der Waals surface area contributed by atoms with Crippen molar-refractivity contribution in [2.24, 2.45) is 0 Å². The van der Waals surface area contributed by atoms with Crippen LogP contribution in [0.5, 0.6) is 0 Å². The van der Waals surface area contributed by atoms with E-state index in [1.54, 1.807) is 17.5 Å². The molecule has 2 aromatic rings. The van der Waals surface area contributed by atoms with E-state index in [1.165, 1.54) is 23.6 Å². The van der Waals surface area contributed by atoms with Crippen LogP contribution in [0.4, 0.5) is 10.8 Å². The van der Waals surface area contributed by atoms with Crippen LogP contribution in [0, 0.1) is 0 Å². The molecule has 1 aromatic carbocycles. The van der Waals surface area contributed by atoms with Crippen molar-refractivity contribution in [2.75, 3.05) is 10.0 Å². The van der Waals surface area contributed by atoms with E-state index in [1.807, 2.05) is 0 Å². The summed E-state index contributed by atoms with van der Waals surface area (Å²) >= 11 is 1.22. The Hall–Kier alpha value is -1.93. The van der Waals surface area contributed by atoms with Crippen molar-refractivity contribution in [2.45, 2.75) is 17.7 Å². The lowest BCUT2D eigenvalue weighted by molar-refractivity contribution is -0.116. The number of amides is 1. The molecule has 2 N–H and O–H groups in total. The van der Waals surface area contributed by atoms with Crippen LogP contribution < -0.4 is 10.0 Å². The van der Waals surface area contributed by atoms with E-state index < -0.39 is 10.0 Å². The van der Waals surface area contributed by atoms with Gasteiger partial charge in [-0.2, -0.15) is 0 Å². The fourth-order valence-electron chi connectivity index (χ4n) is 1.97. The number of aryl methyl sites for hydroxylation is 1. The molecule has 1 aliphatic heterocycles. The lowest BCUT2D eigenvalue weighted by Gasteiger charge is -2.17. The van der Waals surface area contributed by atoms with Crippen LogP contribution in [0.3, 0.4) is 0 Å². The maximum absolute atomic E-state index is 12.2. The van der Waals surface area contributed by atoms with Crippen LogP contribution >= 0.6 is 11.3 Å². The minimum absolute atomic E-state index is 0.0472. The number of sulfonamides is 1. The van der Waals surface area contributed by atoms with Crippen LogP contribution in [0.1, 0.15) is 12.0 Å². The minimum Gasteiger partial charge on any atom is -0.326 e. The van der Waals surface area contributed by atoms with Gasteiger partial charge in [0.15, 0.2) is 5.13 Å². The van der Waals surface area contributed by atoms with Crippen molar-refractivity contribution in [3.63, 3.8) is 0 Å². The predicted octanol–water partition coefficient (Wildman–Crippen LogP) is 1.83. The summed E-state index contributed by atoms with van der Waals surface area (Å²) in [6.07, 6.45) is 2.45. The van der Waals surface area contributed by atoms with E-state index in [2.05, 4.69) is 15.0 Å². The van der Waals surface area contributed by atoms with Gasteiger partial charge in [0.2, 0.25) is 5.91 Å². The average molecular weight is 309 g/mol. The largest absolute Gasteiger partial charge is 0.326 e. The van der Waals surface area contributed by atoms with Gasteiger partial charge >= 0.3 is 0 Å². The van der Waals surface area contributed by atoms with Crippen molar-refractivity contribution in [3.8, 4) is 0 Å². The Morgan fingerprint density at radius 3 is 2.90 bits per heavy atom. The van der Waals surface area contributed by atoms with E-state index in [0.29, 0.717) is 23.7 Å². The molecule has 0 spiro atoms. The molecule has 6 nitrogen and oxygen atoms in total. The van der Waals surface area contributed by atoms with Crippen molar-refractivity contribution in [3.05, 3.63) is 35.3 Å². The van der Waals surface area contributed by atoms with Crippen LogP contribution in [-0.4, -0.2) is 19.3 Å². The molecule has 20 heavy (non-hydrogen) atoms. The third-order valence-corrected chi connectivity index (χ3v) is 5.09. The van der Waals surface area contributed by atoms with Crippen molar-refractivity contribution >= 4 is 38.1 Å². The smallest absolute Gasteiger partial charge is 0.263 e. The zero-order valence-corrected chi connectivity index (χ0v) is 11.9. The van der Waals surface area contributed by atoms with Crippen molar-refractivity contribution in [1.82, 2.24) is 4.98 Å². The van der Waals surface area contributed by atoms with Gasteiger partial charge in [0.05, 0.1) is 4.90 Å². The zero-order valence-electron chi connectivity index (χ0n) is 10.3. The summed E-state index contributed by atoms with van der Waals surface area (Å²) in [7, 11) is -3.65. The molecule has 3 rings (SSSR count). The number of hydrogen-bond donors (Lipinski definition) is 2. The van der Waals surface area contributed by atoms with Gasteiger partial charge in [0.1, 0.15) is 0 Å². The molecular weight excluding hydrogens is 298 g/mol. The first-order valence-corrected chi connectivity index (χ1v) is 8.26. The number of thiazole rings is 1. The summed E-state index contributed by atoms with van der Waals surface area (Å²) in [5, 5.41) is 4.74. The summed E-state index contributed by atoms with van der Waals surface area (Å²) in [6.45, 7) is 0. The van der Waals surface area contributed by atoms with E-state index in [-0.39, 0.29) is 10.8 Å². The minimum atomic E-state index is -3.65. The topological polar surface area (TPSA) is 88.2 Å². The molecule has 0 bridgehead atoms. The molecule has 0 unspecified atom stereocenters. The Labute approximate surface area is 119 Å². The molecule has 0 atom stereocenters. The lowest BCUT2D eigenvalue weighted by atomic mass is 10.0. The molecule has 1 aromatic heterocycles. The van der Waals surface area contributed by atoms with Crippen molar-refractivity contribution < 1.29 is 13.2 Å². The van der Waals surface area contributed by atoms with Gasteiger partial charge in [-0.05, 0) is 30.2 Å². The molecule has 104 valence electrons. The molecule has 0 radical (unpaired) electrons. The number of hydrogen-bond acceptors (Lipinski definition) is 5. The number of fused-ring (bicyclic) bond motifs is 1. The van der Waals surface area contributed by atoms with Gasteiger partial charge in [-0.3, -0.25) is 9.52 Å². The fraction of sp³-hybridized carbons (Fsp3) is 0.167. The van der Waals surface area contributed by atoms with Gasteiger partial charge in [-0.1, -0.05) is 0 Å². The number of nitrogens with zero attached hydrogens (tertiary/aromatic N) is 1. The first-order chi connectivity index (χ1) is 9.54. The number of carbonyl (C=O) groups excluding carboxylic acids is 1. The number of anilines is 2. The quantitative estimate of drug-likeness (QED) is 0.905. The first kappa shape index (κ1) is 13.1. The number of rotatable bonds is 3. The maximum Gasteiger partial charge on any atom is 0.263 e. The highest BCUT2D eigenvalue weighted by Crippen LogP contribution is 2.26. The molecular formula is C12H11N3O3S2. The van der Waals surface area contributed by atoms with Gasteiger partial charge < -0.3 is 5.32 Å². The Balaban J connectivity index is 1.92. The Morgan fingerprint density at radius 2 is 2.15 bits per heavy atom. The van der Waals surface area contributed by atoms with Crippen LogP contribution in [0.2, 0.25) is 0 Å². The molecule has 0 aliphatic carbocycles. The molecule has 1 amide bonds. The second-order valence-corrected chi connectivity index (χ2v) is 6.89. The van der Waals surface area contributed by atoms with Gasteiger partial charge in [0, 0.05) is 23.7 Å². The third kappa shape index (κ3) is 2.52. The number of carbonyl (C=O) groups is 1. The zero-order chi connectivity index (χ0) is 14.2. The van der Waals surface area contributed by atoms with Gasteiger partial charge in [0.25, 0.3) is 10.0 Å². The Kier molecular flexibility index (Phi) is 3.19. The number of benzene rings is 1. The summed E-state index contributed by atoms with van der Waals surface area (Å²) in [5.41, 5.74) is 1.50. The Bertz CT molecular complexity index is 754. The maximum atomic E-state index is 12.2. The highest BCUT2D eigenvalue weighted by molar-refractivity contribution is 7.93. The van der Waals surface area contributed by atoms with E-state index >= 15 is 0 Å². The van der Waals surface area contributed by atoms with Gasteiger partial charge in [-0.25, -0.2) is 13.4 Å². The van der Waals surface area contributed by atoms with E-state index in [9.17, 15) is 13.2 Å². The summed E-state index contributed by atoms with van der Waals surface area (Å²) in [6, 6.07) is 4.67. The van der Waals surface area contributed by atoms with Crippen LogP contribution in [0.25, 0.3) is 0 Å². The first-order valence-electron chi connectivity index (χ1n) is 5.90.